The zero-order valence-corrected chi connectivity index (χ0v) is 18.6. The Morgan fingerprint density at radius 1 is 1.32 bits per heavy atom. The second-order valence-corrected chi connectivity index (χ2v) is 9.28. The lowest BCUT2D eigenvalue weighted by Gasteiger charge is -2.15. The summed E-state index contributed by atoms with van der Waals surface area (Å²) in [6.07, 6.45) is 14.4. The van der Waals surface area contributed by atoms with Gasteiger partial charge in [0.05, 0.1) is 22.7 Å². The number of nitrogens with one attached hydrogen (secondary N) is 1. The monoisotopic (exact) mass is 451 g/mol. The molecule has 3 heterocycles. The molecular formula is C23H21N3O3S2. The van der Waals surface area contributed by atoms with Crippen molar-refractivity contribution in [3.63, 3.8) is 0 Å². The Labute approximate surface area is 188 Å². The van der Waals surface area contributed by atoms with Crippen molar-refractivity contribution in [2.75, 3.05) is 6.61 Å². The van der Waals surface area contributed by atoms with E-state index in [0.717, 1.165) is 41.0 Å². The summed E-state index contributed by atoms with van der Waals surface area (Å²) in [5.41, 5.74) is 6.61. The van der Waals surface area contributed by atoms with E-state index in [1.165, 1.54) is 28.4 Å². The van der Waals surface area contributed by atoms with E-state index in [4.69, 9.17) is 9.57 Å². The number of fused-ring (bicyclic) bond motifs is 3. The van der Waals surface area contributed by atoms with Crippen LogP contribution in [-0.4, -0.2) is 21.9 Å². The van der Waals surface area contributed by atoms with Crippen LogP contribution in [0.4, 0.5) is 0 Å². The molecule has 0 aliphatic heterocycles. The van der Waals surface area contributed by atoms with Crippen LogP contribution >= 0.6 is 22.9 Å². The van der Waals surface area contributed by atoms with Crippen LogP contribution in [-0.2, 0) is 17.7 Å². The number of carbonyl (C=O) groups excluding carboxylic acids is 1. The highest BCUT2D eigenvalue weighted by atomic mass is 32.1. The van der Waals surface area contributed by atoms with Crippen molar-refractivity contribution in [1.29, 1.82) is 0 Å². The average Bonchev–Trinajstić information content (AvgIpc) is 3.40. The molecule has 0 saturated heterocycles. The number of nitrogens with zero attached hydrogens (tertiary/aromatic N) is 2. The van der Waals surface area contributed by atoms with E-state index < -0.39 is 0 Å². The van der Waals surface area contributed by atoms with Crippen molar-refractivity contribution in [2.45, 2.75) is 26.2 Å². The van der Waals surface area contributed by atoms with Gasteiger partial charge in [0, 0.05) is 18.3 Å². The van der Waals surface area contributed by atoms with Crippen LogP contribution in [0.3, 0.4) is 0 Å². The van der Waals surface area contributed by atoms with Crippen molar-refractivity contribution in [1.82, 2.24) is 14.8 Å². The van der Waals surface area contributed by atoms with E-state index in [-0.39, 0.29) is 11.8 Å². The number of thiophene rings is 1. The minimum Gasteiger partial charge on any atom is -0.444 e. The van der Waals surface area contributed by atoms with Crippen molar-refractivity contribution < 1.29 is 14.4 Å². The van der Waals surface area contributed by atoms with Crippen molar-refractivity contribution in [3.8, 4) is 21.3 Å². The molecule has 0 fully saturated rings. The van der Waals surface area contributed by atoms with Gasteiger partial charge in [-0.25, -0.2) is 9.85 Å². The summed E-state index contributed by atoms with van der Waals surface area (Å²) >= 11 is 2.79. The molecule has 2 aliphatic carbocycles. The molecule has 6 nitrogen and oxygen atoms in total. The maximum Gasteiger partial charge on any atom is 0.285 e. The summed E-state index contributed by atoms with van der Waals surface area (Å²) in [7, 11) is 0. The Balaban J connectivity index is 1.42. The number of hydroxylamine groups is 1. The number of hydrogen-bond acceptors (Lipinski definition) is 7. The molecular weight excluding hydrogens is 430 g/mol. The van der Waals surface area contributed by atoms with Gasteiger partial charge in [-0.15, -0.1) is 0 Å². The highest BCUT2D eigenvalue weighted by molar-refractivity contribution is 7.17. The van der Waals surface area contributed by atoms with Gasteiger partial charge in [-0.1, -0.05) is 35.6 Å². The number of carbonyl (C=O) groups is 1. The van der Waals surface area contributed by atoms with Gasteiger partial charge in [-0.3, -0.25) is 14.6 Å². The lowest BCUT2D eigenvalue weighted by atomic mass is 9.93. The second kappa shape index (κ2) is 8.74. The maximum atomic E-state index is 13.0. The topological polar surface area (TPSA) is 73.3 Å². The Hall–Kier alpha value is -2.81. The SMILES string of the molecule is Cc1ncccc1Oc1sc(C(=O)NOCC2C=CC=CC2)c2c1-c1sncc1CC2. The Morgan fingerprint density at radius 3 is 3.10 bits per heavy atom. The molecule has 0 aromatic carbocycles. The van der Waals surface area contributed by atoms with Crippen molar-refractivity contribution in [2.24, 2.45) is 5.92 Å². The molecule has 3 aromatic rings. The van der Waals surface area contributed by atoms with E-state index in [0.29, 0.717) is 22.3 Å². The summed E-state index contributed by atoms with van der Waals surface area (Å²) < 4.78 is 10.6. The minimum atomic E-state index is -0.234. The Bertz CT molecular complexity index is 1180. The lowest BCUT2D eigenvalue weighted by Crippen LogP contribution is -2.26. The molecule has 158 valence electrons. The molecule has 5 rings (SSSR count). The number of rotatable bonds is 6. The predicted molar refractivity (Wildman–Crippen MR) is 122 cm³/mol. The first kappa shape index (κ1) is 20.1. The fourth-order valence-corrected chi connectivity index (χ4v) is 5.80. The number of pyridine rings is 1. The third-order valence-corrected chi connectivity index (χ3v) is 7.36. The third kappa shape index (κ3) is 4.06. The van der Waals surface area contributed by atoms with Crippen LogP contribution in [0.1, 0.15) is 32.9 Å². The Morgan fingerprint density at radius 2 is 2.26 bits per heavy atom. The summed E-state index contributed by atoms with van der Waals surface area (Å²) in [6.45, 7) is 2.35. The quantitative estimate of drug-likeness (QED) is 0.518. The van der Waals surface area contributed by atoms with Gasteiger partial charge in [-0.2, -0.15) is 0 Å². The molecule has 2 aliphatic rings. The fraction of sp³-hybridized carbons (Fsp3) is 0.261. The summed E-state index contributed by atoms with van der Waals surface area (Å²) in [4.78, 5) is 24.6. The van der Waals surface area contributed by atoms with E-state index in [1.807, 2.05) is 37.4 Å². The second-order valence-electron chi connectivity index (χ2n) is 7.49. The van der Waals surface area contributed by atoms with Crippen molar-refractivity contribution in [3.05, 3.63) is 70.5 Å². The van der Waals surface area contributed by atoms with E-state index >= 15 is 0 Å². The van der Waals surface area contributed by atoms with E-state index in [2.05, 4.69) is 27.0 Å². The maximum absolute atomic E-state index is 13.0. The Kier molecular flexibility index (Phi) is 5.67. The van der Waals surface area contributed by atoms with Gasteiger partial charge in [0.1, 0.15) is 10.6 Å². The molecule has 1 atom stereocenters. The molecule has 1 unspecified atom stereocenters. The van der Waals surface area contributed by atoms with Gasteiger partial charge >= 0.3 is 0 Å². The molecule has 1 N–H and O–H groups in total. The van der Waals surface area contributed by atoms with Gasteiger partial charge < -0.3 is 4.74 Å². The summed E-state index contributed by atoms with van der Waals surface area (Å²) in [5, 5.41) is 0.696. The number of aryl methyl sites for hydroxylation is 2. The zero-order valence-electron chi connectivity index (χ0n) is 17.0. The van der Waals surface area contributed by atoms with Gasteiger partial charge in [-0.05, 0) is 61.0 Å². The van der Waals surface area contributed by atoms with Crippen LogP contribution in [0, 0.1) is 12.8 Å². The highest BCUT2D eigenvalue weighted by Gasteiger charge is 2.31. The van der Waals surface area contributed by atoms with Gasteiger partial charge in [0.2, 0.25) is 0 Å². The predicted octanol–water partition coefficient (Wildman–Crippen LogP) is 5.26. The molecule has 3 aromatic heterocycles. The first-order valence-corrected chi connectivity index (χ1v) is 11.7. The van der Waals surface area contributed by atoms with Crippen LogP contribution in [0.15, 0.2) is 48.8 Å². The standard InChI is InChI=1S/C23H21N3O3S2/c1-14-18(8-5-11-24-14)29-23-19-17(10-9-16-12-25-31-20(16)19)21(30-23)22(27)26-28-13-15-6-3-2-4-7-15/h2-6,8,11-12,15H,7,9-10,13H2,1H3,(H,26,27). The summed E-state index contributed by atoms with van der Waals surface area (Å²) in [5.74, 6) is 0.723. The zero-order chi connectivity index (χ0) is 21.2. The minimum absolute atomic E-state index is 0.234. The number of ether oxygens (including phenoxy) is 1. The first-order valence-electron chi connectivity index (χ1n) is 10.1. The molecule has 31 heavy (non-hydrogen) atoms. The molecule has 1 amide bonds. The van der Waals surface area contributed by atoms with Crippen LogP contribution in [0.25, 0.3) is 10.4 Å². The smallest absolute Gasteiger partial charge is 0.285 e. The normalized spacial score (nSPS) is 16.6. The fourth-order valence-electron chi connectivity index (χ4n) is 3.76. The van der Waals surface area contributed by atoms with Crippen LogP contribution in [0.2, 0.25) is 0 Å². The van der Waals surface area contributed by atoms with Gasteiger partial charge in [0.25, 0.3) is 5.91 Å². The first-order chi connectivity index (χ1) is 15.2. The largest absolute Gasteiger partial charge is 0.444 e. The number of hydrogen-bond donors (Lipinski definition) is 1. The van der Waals surface area contributed by atoms with Gasteiger partial charge in [0.15, 0.2) is 5.06 Å². The third-order valence-electron chi connectivity index (χ3n) is 5.39. The van der Waals surface area contributed by atoms with Crippen molar-refractivity contribution >= 4 is 28.8 Å². The highest BCUT2D eigenvalue weighted by Crippen LogP contribution is 2.50. The number of allylic oxidation sites excluding steroid dienone is 3. The van der Waals surface area contributed by atoms with Crippen LogP contribution in [0.5, 0.6) is 10.8 Å². The molecule has 0 spiro atoms. The van der Waals surface area contributed by atoms with Crippen LogP contribution < -0.4 is 10.2 Å². The number of amides is 1. The molecule has 0 radical (unpaired) electrons. The lowest BCUT2D eigenvalue weighted by molar-refractivity contribution is 0.0224. The van der Waals surface area contributed by atoms with E-state index in [9.17, 15) is 4.79 Å². The molecule has 0 bridgehead atoms. The average molecular weight is 452 g/mol. The molecule has 8 heteroatoms. The summed E-state index contributed by atoms with van der Waals surface area (Å²) in [6, 6.07) is 3.73. The number of aromatic nitrogens is 2. The molecule has 0 saturated carbocycles. The van der Waals surface area contributed by atoms with E-state index in [1.54, 1.807) is 6.20 Å².